The Morgan fingerprint density at radius 2 is 2.40 bits per heavy atom. The Hall–Kier alpha value is -1.23. The number of hydrogen-bond acceptors (Lipinski definition) is 4. The summed E-state index contributed by atoms with van der Waals surface area (Å²) in [5.74, 6) is 0. The van der Waals surface area contributed by atoms with Crippen molar-refractivity contribution in [2.45, 2.75) is 37.6 Å². The van der Waals surface area contributed by atoms with Crippen molar-refractivity contribution in [3.05, 3.63) is 36.0 Å². The van der Waals surface area contributed by atoms with Gasteiger partial charge in [0.05, 0.1) is 19.3 Å². The van der Waals surface area contributed by atoms with E-state index in [0.717, 1.165) is 12.7 Å². The predicted octanol–water partition coefficient (Wildman–Crippen LogP) is 2.21. The molecule has 0 aromatic heterocycles. The molecular weight excluding hydrogens is 256 g/mol. The highest BCUT2D eigenvalue weighted by Gasteiger charge is 2.50. The molecule has 3 atom stereocenters. The fourth-order valence-corrected chi connectivity index (χ4v) is 2.40. The SMILES string of the molecule is CO[C@@H](/C=C/[C@@H]1CC(C)=CCO1)C1(C/C=C/C=O)CO1. The van der Waals surface area contributed by atoms with Crippen LogP contribution in [-0.4, -0.2) is 44.4 Å². The first-order chi connectivity index (χ1) is 9.70. The molecule has 0 spiro atoms. The lowest BCUT2D eigenvalue weighted by Gasteiger charge is -2.21. The van der Waals surface area contributed by atoms with Crippen LogP contribution in [0.2, 0.25) is 0 Å². The second-order valence-corrected chi connectivity index (χ2v) is 5.29. The summed E-state index contributed by atoms with van der Waals surface area (Å²) in [4.78, 5) is 10.3. The van der Waals surface area contributed by atoms with E-state index in [0.29, 0.717) is 19.6 Å². The number of ether oxygens (including phenoxy) is 3. The van der Waals surface area contributed by atoms with Gasteiger partial charge in [-0.15, -0.1) is 0 Å². The summed E-state index contributed by atoms with van der Waals surface area (Å²) in [6.45, 7) is 3.44. The van der Waals surface area contributed by atoms with E-state index in [1.807, 2.05) is 12.2 Å². The van der Waals surface area contributed by atoms with E-state index in [9.17, 15) is 4.79 Å². The van der Waals surface area contributed by atoms with Crippen molar-refractivity contribution in [3.8, 4) is 0 Å². The molecule has 4 heteroatoms. The molecule has 20 heavy (non-hydrogen) atoms. The summed E-state index contributed by atoms with van der Waals surface area (Å²) in [6, 6.07) is 0. The molecule has 0 saturated carbocycles. The van der Waals surface area contributed by atoms with Crippen molar-refractivity contribution < 1.29 is 19.0 Å². The van der Waals surface area contributed by atoms with Crippen LogP contribution in [0.25, 0.3) is 0 Å². The molecule has 0 radical (unpaired) electrons. The number of hydrogen-bond donors (Lipinski definition) is 0. The van der Waals surface area contributed by atoms with Gasteiger partial charge in [0.25, 0.3) is 0 Å². The van der Waals surface area contributed by atoms with Crippen LogP contribution in [0, 0.1) is 0 Å². The van der Waals surface area contributed by atoms with Gasteiger partial charge < -0.3 is 14.2 Å². The van der Waals surface area contributed by atoms with Crippen molar-refractivity contribution in [2.75, 3.05) is 20.3 Å². The molecule has 4 nitrogen and oxygen atoms in total. The van der Waals surface area contributed by atoms with Crippen LogP contribution < -0.4 is 0 Å². The maximum atomic E-state index is 10.3. The van der Waals surface area contributed by atoms with Gasteiger partial charge in [0.15, 0.2) is 0 Å². The Labute approximate surface area is 120 Å². The second-order valence-electron chi connectivity index (χ2n) is 5.29. The van der Waals surface area contributed by atoms with Gasteiger partial charge in [0.1, 0.15) is 18.0 Å². The minimum Gasteiger partial charge on any atom is -0.374 e. The molecular formula is C16H22O4. The molecule has 0 aromatic carbocycles. The lowest BCUT2D eigenvalue weighted by atomic mass is 9.97. The van der Waals surface area contributed by atoms with Gasteiger partial charge in [0.2, 0.25) is 0 Å². The zero-order chi connectivity index (χ0) is 14.4. The first-order valence-electron chi connectivity index (χ1n) is 6.93. The first-order valence-corrected chi connectivity index (χ1v) is 6.93. The summed E-state index contributed by atoms with van der Waals surface area (Å²) < 4.78 is 16.7. The molecule has 0 N–H and O–H groups in total. The highest BCUT2D eigenvalue weighted by Crippen LogP contribution is 2.37. The van der Waals surface area contributed by atoms with Gasteiger partial charge in [-0.1, -0.05) is 29.9 Å². The minimum absolute atomic E-state index is 0.110. The normalized spacial score (nSPS) is 31.5. The fourth-order valence-electron chi connectivity index (χ4n) is 2.40. The van der Waals surface area contributed by atoms with Crippen LogP contribution in [0.3, 0.4) is 0 Å². The third-order valence-electron chi connectivity index (χ3n) is 3.73. The van der Waals surface area contributed by atoms with Crippen LogP contribution in [-0.2, 0) is 19.0 Å². The molecule has 2 aliphatic heterocycles. The zero-order valence-corrected chi connectivity index (χ0v) is 12.1. The number of methoxy groups -OCH3 is 1. The summed E-state index contributed by atoms with van der Waals surface area (Å²) in [5, 5.41) is 0. The van der Waals surface area contributed by atoms with E-state index in [1.165, 1.54) is 11.6 Å². The molecule has 1 fully saturated rings. The molecule has 0 bridgehead atoms. The highest BCUT2D eigenvalue weighted by molar-refractivity contribution is 5.64. The van der Waals surface area contributed by atoms with E-state index in [4.69, 9.17) is 14.2 Å². The Balaban J connectivity index is 1.93. The Kier molecular flexibility index (Phi) is 5.29. The van der Waals surface area contributed by atoms with E-state index in [-0.39, 0.29) is 17.8 Å². The third-order valence-corrected chi connectivity index (χ3v) is 3.73. The summed E-state index contributed by atoms with van der Waals surface area (Å²) >= 11 is 0. The van der Waals surface area contributed by atoms with Crippen molar-refractivity contribution in [1.29, 1.82) is 0 Å². The van der Waals surface area contributed by atoms with Crippen LogP contribution in [0.4, 0.5) is 0 Å². The maximum Gasteiger partial charge on any atom is 0.142 e. The van der Waals surface area contributed by atoms with Crippen molar-refractivity contribution in [2.24, 2.45) is 0 Å². The second kappa shape index (κ2) is 6.97. The van der Waals surface area contributed by atoms with Crippen LogP contribution >= 0.6 is 0 Å². The largest absolute Gasteiger partial charge is 0.374 e. The summed E-state index contributed by atoms with van der Waals surface area (Å²) in [7, 11) is 1.68. The first kappa shape index (κ1) is 15.2. The van der Waals surface area contributed by atoms with Crippen molar-refractivity contribution in [1.82, 2.24) is 0 Å². The van der Waals surface area contributed by atoms with E-state index >= 15 is 0 Å². The van der Waals surface area contributed by atoms with E-state index in [2.05, 4.69) is 19.1 Å². The third kappa shape index (κ3) is 3.88. The van der Waals surface area contributed by atoms with Gasteiger partial charge in [-0.2, -0.15) is 0 Å². The molecule has 2 rings (SSSR count). The zero-order valence-electron chi connectivity index (χ0n) is 12.1. The number of carbonyl (C=O) groups excluding carboxylic acids is 1. The maximum absolute atomic E-state index is 10.3. The van der Waals surface area contributed by atoms with Crippen LogP contribution in [0.15, 0.2) is 36.0 Å². The number of aldehydes is 1. The summed E-state index contributed by atoms with van der Waals surface area (Å²) in [6.07, 6.45) is 11.9. The summed E-state index contributed by atoms with van der Waals surface area (Å²) in [5.41, 5.74) is 1.04. The minimum atomic E-state index is -0.315. The topological polar surface area (TPSA) is 48.1 Å². The van der Waals surface area contributed by atoms with Gasteiger partial charge >= 0.3 is 0 Å². The lowest BCUT2D eigenvalue weighted by Crippen LogP contribution is -2.30. The van der Waals surface area contributed by atoms with Crippen molar-refractivity contribution >= 4 is 6.29 Å². The number of rotatable bonds is 7. The number of carbonyl (C=O) groups is 1. The standard InChI is InChI=1S/C16H22O4/c1-13-7-10-19-14(11-13)5-6-15(18-2)16(12-20-16)8-3-4-9-17/h3-7,9,14-15H,8,10-12H2,1-2H3/b4-3+,6-5+/t14-,15+,16?/m1/s1. The molecule has 0 aromatic rings. The molecule has 0 amide bonds. The lowest BCUT2D eigenvalue weighted by molar-refractivity contribution is -0.104. The van der Waals surface area contributed by atoms with Crippen LogP contribution in [0.1, 0.15) is 19.8 Å². The molecule has 2 aliphatic rings. The van der Waals surface area contributed by atoms with E-state index < -0.39 is 0 Å². The molecule has 1 saturated heterocycles. The quantitative estimate of drug-likeness (QED) is 0.310. The van der Waals surface area contributed by atoms with Gasteiger partial charge in [-0.05, 0) is 25.8 Å². The fraction of sp³-hybridized carbons (Fsp3) is 0.562. The monoisotopic (exact) mass is 278 g/mol. The Bertz CT molecular complexity index is 418. The molecule has 0 aliphatic carbocycles. The van der Waals surface area contributed by atoms with Crippen LogP contribution in [0.5, 0.6) is 0 Å². The Morgan fingerprint density at radius 1 is 1.60 bits per heavy atom. The highest BCUT2D eigenvalue weighted by atomic mass is 16.6. The molecule has 1 unspecified atom stereocenters. The van der Waals surface area contributed by atoms with Gasteiger partial charge in [0, 0.05) is 7.11 Å². The molecule has 110 valence electrons. The Morgan fingerprint density at radius 3 is 3.00 bits per heavy atom. The van der Waals surface area contributed by atoms with E-state index in [1.54, 1.807) is 7.11 Å². The van der Waals surface area contributed by atoms with Crippen molar-refractivity contribution in [3.63, 3.8) is 0 Å². The average Bonchev–Trinajstić information content (AvgIpc) is 3.21. The molecule has 2 heterocycles. The number of allylic oxidation sites excluding steroid dienone is 1. The predicted molar refractivity (Wildman–Crippen MR) is 76.6 cm³/mol. The smallest absolute Gasteiger partial charge is 0.142 e. The number of epoxide rings is 1. The van der Waals surface area contributed by atoms with Gasteiger partial charge in [-0.25, -0.2) is 0 Å². The van der Waals surface area contributed by atoms with Gasteiger partial charge in [-0.3, -0.25) is 4.79 Å². The average molecular weight is 278 g/mol.